The van der Waals surface area contributed by atoms with Crippen molar-refractivity contribution in [1.29, 1.82) is 0 Å². The van der Waals surface area contributed by atoms with Crippen LogP contribution in [0, 0.1) is 0 Å². The fourth-order valence-electron chi connectivity index (χ4n) is 3.07. The van der Waals surface area contributed by atoms with Gasteiger partial charge in [-0.15, -0.1) is 0 Å². The number of amides is 1. The van der Waals surface area contributed by atoms with Crippen LogP contribution in [0.15, 0.2) is 78.9 Å². The highest BCUT2D eigenvalue weighted by Crippen LogP contribution is 2.25. The standard InChI is InChI=1S/C22H21N3O3/c1-24(22(26)20-16-27-12-13-28-20)14-18-15-25(19-10-6-3-7-11-19)23-21(18)17-8-4-2-5-9-17/h2-11,15-16H,12-14H2,1H3. The summed E-state index contributed by atoms with van der Waals surface area (Å²) < 4.78 is 12.5. The molecule has 0 saturated carbocycles. The summed E-state index contributed by atoms with van der Waals surface area (Å²) in [7, 11) is 1.75. The van der Waals surface area contributed by atoms with Gasteiger partial charge in [0.25, 0.3) is 5.91 Å². The number of likely N-dealkylation sites (N-methyl/N-ethyl adjacent to an activating group) is 1. The van der Waals surface area contributed by atoms with E-state index in [1.807, 2.05) is 71.5 Å². The summed E-state index contributed by atoms with van der Waals surface area (Å²) in [5, 5.41) is 4.78. The number of benzene rings is 2. The molecule has 0 unspecified atom stereocenters. The second-order valence-electron chi connectivity index (χ2n) is 6.51. The Morgan fingerprint density at radius 2 is 1.79 bits per heavy atom. The topological polar surface area (TPSA) is 56.6 Å². The predicted octanol–water partition coefficient (Wildman–Crippen LogP) is 3.39. The molecule has 1 amide bonds. The average Bonchev–Trinajstić information content (AvgIpc) is 3.19. The van der Waals surface area contributed by atoms with E-state index in [1.54, 1.807) is 11.9 Å². The highest BCUT2D eigenvalue weighted by Gasteiger charge is 2.22. The van der Waals surface area contributed by atoms with Crippen LogP contribution in [0.4, 0.5) is 0 Å². The number of aromatic nitrogens is 2. The number of carbonyl (C=O) groups is 1. The molecule has 1 aliphatic rings. The van der Waals surface area contributed by atoms with Crippen LogP contribution in [0.5, 0.6) is 0 Å². The minimum atomic E-state index is -0.217. The van der Waals surface area contributed by atoms with E-state index < -0.39 is 0 Å². The lowest BCUT2D eigenvalue weighted by atomic mass is 10.1. The Balaban J connectivity index is 1.66. The molecule has 1 aromatic heterocycles. The van der Waals surface area contributed by atoms with E-state index in [1.165, 1.54) is 6.26 Å². The number of para-hydroxylation sites is 1. The van der Waals surface area contributed by atoms with Crippen LogP contribution in [0.1, 0.15) is 5.56 Å². The van der Waals surface area contributed by atoms with Crippen molar-refractivity contribution in [2.24, 2.45) is 0 Å². The Morgan fingerprint density at radius 3 is 2.46 bits per heavy atom. The van der Waals surface area contributed by atoms with Crippen LogP contribution < -0.4 is 0 Å². The molecule has 0 radical (unpaired) electrons. The van der Waals surface area contributed by atoms with Crippen molar-refractivity contribution >= 4 is 5.91 Å². The SMILES string of the molecule is CN(Cc1cn(-c2ccccc2)nc1-c1ccccc1)C(=O)C1=COCCO1. The zero-order valence-electron chi connectivity index (χ0n) is 15.6. The van der Waals surface area contributed by atoms with Gasteiger partial charge in [0.05, 0.1) is 11.4 Å². The molecule has 0 atom stereocenters. The molecule has 2 aromatic carbocycles. The van der Waals surface area contributed by atoms with Gasteiger partial charge in [0.15, 0.2) is 0 Å². The van der Waals surface area contributed by atoms with Crippen LogP contribution in [0.2, 0.25) is 0 Å². The first kappa shape index (κ1) is 17.9. The Kier molecular flexibility index (Phi) is 5.10. The summed E-state index contributed by atoms with van der Waals surface area (Å²) in [5.74, 6) is 0.0108. The third-order valence-corrected chi connectivity index (χ3v) is 4.47. The van der Waals surface area contributed by atoms with Gasteiger partial charge in [-0.25, -0.2) is 4.68 Å². The van der Waals surface area contributed by atoms with Gasteiger partial charge in [0, 0.05) is 30.9 Å². The van der Waals surface area contributed by atoms with Gasteiger partial charge in [-0.2, -0.15) is 5.10 Å². The maximum Gasteiger partial charge on any atom is 0.292 e. The molecule has 2 heterocycles. The second-order valence-corrected chi connectivity index (χ2v) is 6.51. The van der Waals surface area contributed by atoms with Gasteiger partial charge in [-0.1, -0.05) is 48.5 Å². The van der Waals surface area contributed by atoms with E-state index in [0.29, 0.717) is 19.8 Å². The van der Waals surface area contributed by atoms with Gasteiger partial charge in [0.2, 0.25) is 5.76 Å². The summed E-state index contributed by atoms with van der Waals surface area (Å²) in [6, 6.07) is 19.9. The van der Waals surface area contributed by atoms with Crippen LogP contribution in [0.3, 0.4) is 0 Å². The summed E-state index contributed by atoms with van der Waals surface area (Å²) in [6.07, 6.45) is 3.35. The molecular weight excluding hydrogens is 354 g/mol. The fourth-order valence-corrected chi connectivity index (χ4v) is 3.07. The highest BCUT2D eigenvalue weighted by molar-refractivity contribution is 5.91. The fraction of sp³-hybridized carbons (Fsp3) is 0.182. The molecule has 3 aromatic rings. The largest absolute Gasteiger partial charge is 0.494 e. The van der Waals surface area contributed by atoms with E-state index in [2.05, 4.69) is 0 Å². The van der Waals surface area contributed by atoms with E-state index >= 15 is 0 Å². The summed E-state index contributed by atoms with van der Waals surface area (Å²) in [6.45, 7) is 1.24. The van der Waals surface area contributed by atoms with Crippen molar-refractivity contribution < 1.29 is 14.3 Å². The zero-order chi connectivity index (χ0) is 19.3. The lowest BCUT2D eigenvalue weighted by molar-refractivity contribution is -0.131. The Hall–Kier alpha value is -3.54. The molecule has 142 valence electrons. The second kappa shape index (κ2) is 8.00. The number of hydrogen-bond donors (Lipinski definition) is 0. The highest BCUT2D eigenvalue weighted by atomic mass is 16.6. The van der Waals surface area contributed by atoms with E-state index in [0.717, 1.165) is 22.5 Å². The van der Waals surface area contributed by atoms with Crippen molar-refractivity contribution in [3.05, 3.63) is 84.4 Å². The van der Waals surface area contributed by atoms with Crippen molar-refractivity contribution in [2.75, 3.05) is 20.3 Å². The van der Waals surface area contributed by atoms with Gasteiger partial charge < -0.3 is 14.4 Å². The van der Waals surface area contributed by atoms with E-state index in [9.17, 15) is 4.79 Å². The number of hydrogen-bond acceptors (Lipinski definition) is 4. The normalized spacial score (nSPS) is 13.2. The van der Waals surface area contributed by atoms with Crippen molar-refractivity contribution in [3.8, 4) is 16.9 Å². The van der Waals surface area contributed by atoms with E-state index in [4.69, 9.17) is 14.6 Å². The van der Waals surface area contributed by atoms with Crippen molar-refractivity contribution in [1.82, 2.24) is 14.7 Å². The molecule has 0 N–H and O–H groups in total. The number of nitrogens with zero attached hydrogens (tertiary/aromatic N) is 3. The first-order valence-corrected chi connectivity index (χ1v) is 9.12. The summed E-state index contributed by atoms with van der Waals surface area (Å²) in [5.41, 5.74) is 3.76. The minimum absolute atomic E-state index is 0.217. The summed E-state index contributed by atoms with van der Waals surface area (Å²) in [4.78, 5) is 14.3. The predicted molar refractivity (Wildman–Crippen MR) is 105 cm³/mol. The molecule has 4 rings (SSSR count). The minimum Gasteiger partial charge on any atom is -0.494 e. The monoisotopic (exact) mass is 375 g/mol. The van der Waals surface area contributed by atoms with E-state index in [-0.39, 0.29) is 11.7 Å². The Labute approximate surface area is 163 Å². The zero-order valence-corrected chi connectivity index (χ0v) is 15.6. The lowest BCUT2D eigenvalue weighted by Gasteiger charge is -2.21. The number of rotatable bonds is 5. The van der Waals surface area contributed by atoms with Crippen LogP contribution >= 0.6 is 0 Å². The van der Waals surface area contributed by atoms with Gasteiger partial charge in [-0.05, 0) is 12.1 Å². The molecule has 6 heteroatoms. The van der Waals surface area contributed by atoms with Crippen LogP contribution in [-0.4, -0.2) is 40.8 Å². The Morgan fingerprint density at radius 1 is 1.07 bits per heavy atom. The molecule has 6 nitrogen and oxygen atoms in total. The number of carbonyl (C=O) groups excluding carboxylic acids is 1. The molecule has 28 heavy (non-hydrogen) atoms. The average molecular weight is 375 g/mol. The molecule has 0 fully saturated rings. The molecule has 0 spiro atoms. The lowest BCUT2D eigenvalue weighted by Crippen LogP contribution is -2.30. The molecular formula is C22H21N3O3. The molecule has 0 saturated heterocycles. The van der Waals surface area contributed by atoms with Crippen molar-refractivity contribution in [2.45, 2.75) is 6.54 Å². The van der Waals surface area contributed by atoms with Crippen LogP contribution in [-0.2, 0) is 20.8 Å². The molecule has 1 aliphatic heterocycles. The third kappa shape index (κ3) is 3.76. The van der Waals surface area contributed by atoms with Gasteiger partial charge >= 0.3 is 0 Å². The quantitative estimate of drug-likeness (QED) is 0.686. The number of ether oxygens (including phenoxy) is 2. The summed E-state index contributed by atoms with van der Waals surface area (Å²) >= 11 is 0. The van der Waals surface area contributed by atoms with Crippen LogP contribution in [0.25, 0.3) is 16.9 Å². The maximum absolute atomic E-state index is 12.7. The van der Waals surface area contributed by atoms with Gasteiger partial charge in [0.1, 0.15) is 19.5 Å². The smallest absolute Gasteiger partial charge is 0.292 e. The first-order chi connectivity index (χ1) is 13.7. The Bertz CT molecular complexity index is 981. The molecule has 0 bridgehead atoms. The van der Waals surface area contributed by atoms with Gasteiger partial charge in [-0.3, -0.25) is 4.79 Å². The maximum atomic E-state index is 12.7. The first-order valence-electron chi connectivity index (χ1n) is 9.12. The van der Waals surface area contributed by atoms with Crippen molar-refractivity contribution in [3.63, 3.8) is 0 Å². The third-order valence-electron chi connectivity index (χ3n) is 4.47. The molecule has 0 aliphatic carbocycles.